The van der Waals surface area contributed by atoms with E-state index in [-0.39, 0.29) is 5.69 Å². The predicted molar refractivity (Wildman–Crippen MR) is 66.4 cm³/mol. The van der Waals surface area contributed by atoms with Crippen LogP contribution in [0.1, 0.15) is 0 Å². The molecule has 0 amide bonds. The number of aromatic nitrogens is 4. The molecule has 3 aromatic rings. The van der Waals surface area contributed by atoms with E-state index in [0.717, 1.165) is 0 Å². The molecule has 18 heavy (non-hydrogen) atoms. The number of hydrogen-bond acceptors (Lipinski definition) is 6. The molecule has 8 heteroatoms. The maximum absolute atomic E-state index is 11.2. The van der Waals surface area contributed by atoms with Crippen LogP contribution in [0.3, 0.4) is 0 Å². The summed E-state index contributed by atoms with van der Waals surface area (Å²) in [5.41, 5.74) is 7.33. The fourth-order valence-electron chi connectivity index (χ4n) is 1.47. The highest BCUT2D eigenvalue weighted by Gasteiger charge is 2.12. The fraction of sp³-hybridized carbons (Fsp3) is 0.100. The number of hydrogen-bond donors (Lipinski definition) is 2. The Kier molecular flexibility index (Phi) is 2.37. The highest BCUT2D eigenvalue weighted by molar-refractivity contribution is 7.99. The second-order valence-corrected chi connectivity index (χ2v) is 4.60. The molecule has 3 rings (SSSR count). The van der Waals surface area contributed by atoms with Gasteiger partial charge in [-0.05, 0) is 18.2 Å². The largest absolute Gasteiger partial charge is 0.431 e. The Hall–Kier alpha value is -2.22. The first kappa shape index (κ1) is 10.9. The van der Waals surface area contributed by atoms with E-state index >= 15 is 0 Å². The van der Waals surface area contributed by atoms with Gasteiger partial charge < -0.3 is 10.2 Å². The van der Waals surface area contributed by atoms with E-state index in [1.807, 2.05) is 0 Å². The van der Waals surface area contributed by atoms with E-state index in [9.17, 15) is 4.79 Å². The highest BCUT2D eigenvalue weighted by Crippen LogP contribution is 2.28. The lowest BCUT2D eigenvalue weighted by molar-refractivity contribution is 0.488. The summed E-state index contributed by atoms with van der Waals surface area (Å²) in [5, 5.41) is 7.11. The molecule has 0 saturated heterocycles. The molecule has 0 spiro atoms. The lowest BCUT2D eigenvalue weighted by atomic mass is 10.3. The number of H-pyrrole nitrogens is 1. The molecule has 1 aromatic carbocycles. The van der Waals surface area contributed by atoms with Gasteiger partial charge in [-0.1, -0.05) is 0 Å². The third-order valence-electron chi connectivity index (χ3n) is 2.41. The van der Waals surface area contributed by atoms with Crippen LogP contribution in [-0.4, -0.2) is 19.7 Å². The van der Waals surface area contributed by atoms with E-state index in [1.54, 1.807) is 25.2 Å². The van der Waals surface area contributed by atoms with Crippen molar-refractivity contribution in [3.63, 3.8) is 0 Å². The zero-order valence-electron chi connectivity index (χ0n) is 9.38. The Bertz CT molecular complexity index is 772. The molecular formula is C10H9N5O2S. The minimum atomic E-state index is -0.280. The van der Waals surface area contributed by atoms with Crippen LogP contribution in [0.5, 0.6) is 0 Å². The van der Waals surface area contributed by atoms with Crippen molar-refractivity contribution in [2.75, 3.05) is 5.73 Å². The molecule has 0 unspecified atom stereocenters. The summed E-state index contributed by atoms with van der Waals surface area (Å²) in [6.45, 7) is 0. The van der Waals surface area contributed by atoms with Crippen LogP contribution in [0.2, 0.25) is 0 Å². The Morgan fingerprint density at radius 3 is 3.06 bits per heavy atom. The standard InChI is InChI=1S/C10H9N5O2S/c1-15-8(16)13-14-9(15)18-10-12-6-4-5(11)2-3-7(6)17-10/h2-4H,11H2,1H3,(H,13,16). The summed E-state index contributed by atoms with van der Waals surface area (Å²) in [7, 11) is 1.62. The Morgan fingerprint density at radius 2 is 2.33 bits per heavy atom. The number of nitrogens with two attached hydrogens (primary N) is 1. The first-order chi connectivity index (χ1) is 8.63. The van der Waals surface area contributed by atoms with Gasteiger partial charge >= 0.3 is 5.69 Å². The zero-order chi connectivity index (χ0) is 12.7. The number of nitrogens with one attached hydrogen (secondary N) is 1. The molecule has 0 atom stereocenters. The van der Waals surface area contributed by atoms with Crippen LogP contribution in [0.15, 0.2) is 37.8 Å². The zero-order valence-corrected chi connectivity index (χ0v) is 10.2. The molecule has 0 radical (unpaired) electrons. The van der Waals surface area contributed by atoms with Gasteiger partial charge in [0.15, 0.2) is 5.58 Å². The van der Waals surface area contributed by atoms with Gasteiger partial charge in [0, 0.05) is 24.5 Å². The number of nitrogen functional groups attached to an aromatic ring is 1. The Labute approximate surface area is 105 Å². The average molecular weight is 263 g/mol. The van der Waals surface area contributed by atoms with Crippen molar-refractivity contribution >= 4 is 28.5 Å². The summed E-state index contributed by atoms with van der Waals surface area (Å²) in [6, 6.07) is 5.23. The minimum Gasteiger partial charge on any atom is -0.431 e. The van der Waals surface area contributed by atoms with Gasteiger partial charge in [-0.15, -0.1) is 5.10 Å². The number of fused-ring (bicyclic) bond motifs is 1. The highest BCUT2D eigenvalue weighted by atomic mass is 32.2. The summed E-state index contributed by atoms with van der Waals surface area (Å²) >= 11 is 1.17. The van der Waals surface area contributed by atoms with Crippen molar-refractivity contribution < 1.29 is 4.42 Å². The molecule has 0 aliphatic heterocycles. The lowest BCUT2D eigenvalue weighted by Gasteiger charge is -1.92. The molecule has 0 fully saturated rings. The van der Waals surface area contributed by atoms with Gasteiger partial charge in [0.25, 0.3) is 5.22 Å². The fourth-order valence-corrected chi connectivity index (χ4v) is 2.21. The van der Waals surface area contributed by atoms with E-state index in [1.165, 1.54) is 16.3 Å². The van der Waals surface area contributed by atoms with Crippen molar-refractivity contribution in [2.24, 2.45) is 7.05 Å². The molecule has 92 valence electrons. The molecule has 7 nitrogen and oxygen atoms in total. The second kappa shape index (κ2) is 3.91. The maximum Gasteiger partial charge on any atom is 0.343 e. The topological polar surface area (TPSA) is 103 Å². The van der Waals surface area contributed by atoms with Crippen molar-refractivity contribution in [1.29, 1.82) is 0 Å². The van der Waals surface area contributed by atoms with Crippen LogP contribution >= 0.6 is 11.8 Å². The maximum atomic E-state index is 11.2. The van der Waals surface area contributed by atoms with Crippen molar-refractivity contribution in [2.45, 2.75) is 10.4 Å². The number of benzene rings is 1. The SMILES string of the molecule is Cn1c(Sc2nc3cc(N)ccc3o2)n[nH]c1=O. The monoisotopic (exact) mass is 263 g/mol. The van der Waals surface area contributed by atoms with Crippen LogP contribution in [0, 0.1) is 0 Å². The quantitative estimate of drug-likeness (QED) is 0.668. The molecule has 3 N–H and O–H groups in total. The first-order valence-corrected chi connectivity index (χ1v) is 5.90. The number of nitrogens with zero attached hydrogens (tertiary/aromatic N) is 3. The van der Waals surface area contributed by atoms with Gasteiger partial charge in [-0.25, -0.2) is 14.9 Å². The van der Waals surface area contributed by atoms with Gasteiger partial charge in [0.05, 0.1) is 0 Å². The van der Waals surface area contributed by atoms with Crippen LogP contribution in [0.25, 0.3) is 11.1 Å². The molecule has 0 aliphatic carbocycles. The van der Waals surface area contributed by atoms with Crippen molar-refractivity contribution in [3.8, 4) is 0 Å². The average Bonchev–Trinajstić information content (AvgIpc) is 2.86. The normalized spacial score (nSPS) is 11.2. The first-order valence-electron chi connectivity index (χ1n) is 5.09. The van der Waals surface area contributed by atoms with Crippen molar-refractivity contribution in [1.82, 2.24) is 19.7 Å². The van der Waals surface area contributed by atoms with Gasteiger partial charge in [-0.3, -0.25) is 4.57 Å². The van der Waals surface area contributed by atoms with E-state index in [4.69, 9.17) is 10.2 Å². The Morgan fingerprint density at radius 1 is 1.50 bits per heavy atom. The minimum absolute atomic E-state index is 0.280. The number of anilines is 1. The molecule has 0 saturated carbocycles. The molecular weight excluding hydrogens is 254 g/mol. The summed E-state index contributed by atoms with van der Waals surface area (Å²) in [5.74, 6) is 0. The van der Waals surface area contributed by atoms with E-state index in [2.05, 4.69) is 15.2 Å². The Balaban J connectivity index is 2.00. The second-order valence-electron chi connectivity index (χ2n) is 3.68. The number of aromatic amines is 1. The van der Waals surface area contributed by atoms with Crippen molar-refractivity contribution in [3.05, 3.63) is 28.7 Å². The summed E-state index contributed by atoms with van der Waals surface area (Å²) in [4.78, 5) is 15.5. The van der Waals surface area contributed by atoms with Crippen LogP contribution in [-0.2, 0) is 7.05 Å². The third-order valence-corrected chi connectivity index (χ3v) is 3.31. The third kappa shape index (κ3) is 1.76. The molecule has 2 heterocycles. The summed E-state index contributed by atoms with van der Waals surface area (Å²) in [6.07, 6.45) is 0. The number of rotatable bonds is 2. The lowest BCUT2D eigenvalue weighted by Crippen LogP contribution is -2.12. The van der Waals surface area contributed by atoms with Gasteiger partial charge in [0.1, 0.15) is 5.52 Å². The smallest absolute Gasteiger partial charge is 0.343 e. The number of oxazole rings is 1. The van der Waals surface area contributed by atoms with Gasteiger partial charge in [0.2, 0.25) is 5.16 Å². The van der Waals surface area contributed by atoms with Crippen LogP contribution < -0.4 is 11.4 Å². The van der Waals surface area contributed by atoms with E-state index in [0.29, 0.717) is 27.2 Å². The molecule has 0 bridgehead atoms. The summed E-state index contributed by atoms with van der Waals surface area (Å²) < 4.78 is 6.90. The predicted octanol–water partition coefficient (Wildman–Crippen LogP) is 0.983. The molecule has 2 aromatic heterocycles. The van der Waals surface area contributed by atoms with Crippen LogP contribution in [0.4, 0.5) is 5.69 Å². The van der Waals surface area contributed by atoms with Gasteiger partial charge in [-0.2, -0.15) is 0 Å². The molecule has 0 aliphatic rings. The van der Waals surface area contributed by atoms with E-state index < -0.39 is 0 Å².